The number of piperidine rings is 1. The van der Waals surface area contributed by atoms with Gasteiger partial charge in [0.2, 0.25) is 0 Å². The van der Waals surface area contributed by atoms with Gasteiger partial charge in [0.15, 0.2) is 9.84 Å². The smallest absolute Gasteiger partial charge is 0.380 e. The molecule has 1 N–H and O–H groups in total. The molecular formula is C31H35F3N2O4S. The molecule has 0 aliphatic carbocycles. The Balaban J connectivity index is 1.43. The predicted molar refractivity (Wildman–Crippen MR) is 153 cm³/mol. The summed E-state index contributed by atoms with van der Waals surface area (Å²) in [4.78, 5) is 15.3. The highest BCUT2D eigenvalue weighted by Crippen LogP contribution is 2.36. The van der Waals surface area contributed by atoms with Crippen molar-refractivity contribution >= 4 is 21.4 Å². The maximum Gasteiger partial charge on any atom is 0.416 e. The van der Waals surface area contributed by atoms with Gasteiger partial charge >= 0.3 is 6.18 Å². The molecule has 0 saturated carbocycles. The highest BCUT2D eigenvalue weighted by molar-refractivity contribution is 7.91. The van der Waals surface area contributed by atoms with Crippen LogP contribution in [0.3, 0.4) is 0 Å². The van der Waals surface area contributed by atoms with Gasteiger partial charge in [-0.25, -0.2) is 8.42 Å². The van der Waals surface area contributed by atoms with Crippen LogP contribution in [0, 0.1) is 0 Å². The van der Waals surface area contributed by atoms with E-state index in [0.29, 0.717) is 25.3 Å². The second kappa shape index (κ2) is 13.1. The number of nitrogens with zero attached hydrogens (tertiary/aromatic N) is 1. The summed E-state index contributed by atoms with van der Waals surface area (Å²) >= 11 is 0. The maximum atomic E-state index is 13.0. The molecular weight excluding hydrogens is 553 g/mol. The number of anilines is 1. The maximum absolute atomic E-state index is 13.0. The minimum atomic E-state index is -4.36. The van der Waals surface area contributed by atoms with Gasteiger partial charge in [0.25, 0.3) is 5.91 Å². The number of hydrogen-bond acceptors (Lipinski definition) is 5. The Bertz CT molecular complexity index is 1410. The van der Waals surface area contributed by atoms with E-state index in [1.54, 1.807) is 55.5 Å². The normalized spacial score (nSPS) is 17.8. The third kappa shape index (κ3) is 7.68. The van der Waals surface area contributed by atoms with E-state index in [1.807, 2.05) is 19.1 Å². The largest absolute Gasteiger partial charge is 0.416 e. The van der Waals surface area contributed by atoms with Gasteiger partial charge in [-0.2, -0.15) is 13.2 Å². The van der Waals surface area contributed by atoms with E-state index in [2.05, 4.69) is 10.2 Å². The van der Waals surface area contributed by atoms with Crippen LogP contribution in [0.25, 0.3) is 0 Å². The fraction of sp³-hybridized carbons (Fsp3) is 0.387. The van der Waals surface area contributed by atoms with E-state index in [0.717, 1.165) is 41.8 Å². The summed E-state index contributed by atoms with van der Waals surface area (Å²) in [6.45, 7) is 5.53. The van der Waals surface area contributed by atoms with Gasteiger partial charge in [-0.05, 0) is 79.4 Å². The first-order valence-corrected chi connectivity index (χ1v) is 15.4. The summed E-state index contributed by atoms with van der Waals surface area (Å²) in [5.41, 5.74) is 2.39. The fourth-order valence-electron chi connectivity index (χ4n) is 5.06. The zero-order valence-corrected chi connectivity index (χ0v) is 24.0. The van der Waals surface area contributed by atoms with Gasteiger partial charge in [-0.15, -0.1) is 0 Å². The van der Waals surface area contributed by atoms with E-state index in [9.17, 15) is 26.4 Å². The molecule has 1 saturated heterocycles. The number of carbonyl (C=O) groups is 1. The van der Waals surface area contributed by atoms with E-state index >= 15 is 0 Å². The van der Waals surface area contributed by atoms with Crippen molar-refractivity contribution in [1.29, 1.82) is 0 Å². The van der Waals surface area contributed by atoms with E-state index in [4.69, 9.17) is 4.74 Å². The summed E-state index contributed by atoms with van der Waals surface area (Å²) in [7, 11) is -3.28. The molecule has 1 heterocycles. The van der Waals surface area contributed by atoms with Gasteiger partial charge in [0.1, 0.15) is 0 Å². The quantitative estimate of drug-likeness (QED) is 0.305. The fourth-order valence-corrected chi connectivity index (χ4v) is 5.94. The molecule has 0 aromatic heterocycles. The third-order valence-corrected chi connectivity index (χ3v) is 9.26. The van der Waals surface area contributed by atoms with Crippen LogP contribution in [-0.4, -0.2) is 45.9 Å². The van der Waals surface area contributed by atoms with Gasteiger partial charge in [0, 0.05) is 36.9 Å². The molecule has 1 aliphatic rings. The highest BCUT2D eigenvalue weighted by Gasteiger charge is 2.32. The second-order valence-corrected chi connectivity index (χ2v) is 12.4. The summed E-state index contributed by atoms with van der Waals surface area (Å²) in [5, 5.41) is 2.86. The van der Waals surface area contributed by atoms with Crippen molar-refractivity contribution in [3.63, 3.8) is 0 Å². The lowest BCUT2D eigenvalue weighted by Crippen LogP contribution is -2.45. The Kier molecular flexibility index (Phi) is 9.76. The Morgan fingerprint density at radius 1 is 0.951 bits per heavy atom. The minimum Gasteiger partial charge on any atom is -0.380 e. The monoisotopic (exact) mass is 588 g/mol. The van der Waals surface area contributed by atoms with E-state index in [1.165, 1.54) is 0 Å². The highest BCUT2D eigenvalue weighted by atomic mass is 32.2. The van der Waals surface area contributed by atoms with Crippen molar-refractivity contribution in [3.05, 3.63) is 95.1 Å². The third-order valence-electron chi connectivity index (χ3n) is 7.51. The Labute approximate surface area is 239 Å². The lowest BCUT2D eigenvalue weighted by molar-refractivity contribution is -0.137. The molecule has 4 rings (SSSR count). The minimum absolute atomic E-state index is 0.0264. The topological polar surface area (TPSA) is 75.7 Å². The number of sulfone groups is 1. The van der Waals surface area contributed by atoms with E-state index < -0.39 is 21.6 Å². The molecule has 220 valence electrons. The van der Waals surface area contributed by atoms with Crippen LogP contribution in [0.2, 0.25) is 0 Å². The van der Waals surface area contributed by atoms with Crippen molar-refractivity contribution in [2.45, 2.75) is 56.3 Å². The van der Waals surface area contributed by atoms with Crippen LogP contribution in [0.5, 0.6) is 0 Å². The Hall–Kier alpha value is -3.37. The van der Waals surface area contributed by atoms with E-state index in [-0.39, 0.29) is 35.1 Å². The number of nitrogens with one attached hydrogen (secondary N) is 1. The van der Waals surface area contributed by atoms with Gasteiger partial charge in [0.05, 0.1) is 28.9 Å². The van der Waals surface area contributed by atoms with Crippen LogP contribution < -0.4 is 10.2 Å². The summed E-state index contributed by atoms with van der Waals surface area (Å²) in [6.07, 6.45) is -2.70. The number of halogens is 3. The van der Waals surface area contributed by atoms with Crippen molar-refractivity contribution in [3.8, 4) is 0 Å². The molecule has 0 spiro atoms. The van der Waals surface area contributed by atoms with Crippen LogP contribution >= 0.6 is 0 Å². The summed E-state index contributed by atoms with van der Waals surface area (Å²) < 4.78 is 68.8. The zero-order chi connectivity index (χ0) is 29.6. The molecule has 0 radical (unpaired) electrons. The molecule has 2 atom stereocenters. The molecule has 41 heavy (non-hydrogen) atoms. The molecule has 1 aliphatic heterocycles. The Morgan fingerprint density at radius 2 is 1.61 bits per heavy atom. The SMILES string of the molecule is CCOC[C@@H]1CCC(c2ccc(C(F)(F)F)cc2)CN1c1ccc(C(=O)NCc2ccc(S(=O)(=O)CC)cc2)cc1. The van der Waals surface area contributed by atoms with Gasteiger partial charge < -0.3 is 15.0 Å². The lowest BCUT2D eigenvalue weighted by Gasteiger charge is -2.41. The Morgan fingerprint density at radius 3 is 2.20 bits per heavy atom. The molecule has 1 amide bonds. The van der Waals surface area contributed by atoms with Crippen LogP contribution in [0.1, 0.15) is 59.7 Å². The molecule has 3 aromatic carbocycles. The standard InChI is InChI=1S/C31H35F3N2O4S/c1-3-40-21-28-16-11-25(23-7-12-26(13-8-23)31(32,33)34)20-36(28)27-14-9-24(10-15-27)30(37)35-19-22-5-17-29(18-6-22)41(38,39)4-2/h5-10,12-15,17-18,25,28H,3-4,11,16,19-21H2,1-2H3,(H,35,37)/t25?,28-/m0/s1. The lowest BCUT2D eigenvalue weighted by atomic mass is 9.86. The molecule has 0 bridgehead atoms. The van der Waals surface area contributed by atoms with Crippen molar-refractivity contribution < 1.29 is 31.1 Å². The van der Waals surface area contributed by atoms with Crippen molar-refractivity contribution in [1.82, 2.24) is 5.32 Å². The number of ether oxygens (including phenoxy) is 1. The number of benzene rings is 3. The van der Waals surface area contributed by atoms with Crippen molar-refractivity contribution in [2.24, 2.45) is 0 Å². The number of rotatable bonds is 10. The predicted octanol–water partition coefficient (Wildman–Crippen LogP) is 6.22. The molecule has 1 fully saturated rings. The second-order valence-electron chi connectivity index (χ2n) is 10.1. The molecule has 3 aromatic rings. The molecule has 6 nitrogen and oxygen atoms in total. The van der Waals surface area contributed by atoms with Crippen molar-refractivity contribution in [2.75, 3.05) is 30.4 Å². The number of carbonyl (C=O) groups excluding carboxylic acids is 1. The van der Waals surface area contributed by atoms with Gasteiger partial charge in [-0.1, -0.05) is 31.2 Å². The first-order valence-electron chi connectivity index (χ1n) is 13.7. The van der Waals surface area contributed by atoms with Crippen LogP contribution in [-0.2, 0) is 27.3 Å². The molecule has 1 unspecified atom stereocenters. The average molecular weight is 589 g/mol. The summed E-state index contributed by atoms with van der Waals surface area (Å²) in [6, 6.07) is 19.3. The van der Waals surface area contributed by atoms with Gasteiger partial charge in [-0.3, -0.25) is 4.79 Å². The molecule has 10 heteroatoms. The summed E-state index contributed by atoms with van der Waals surface area (Å²) in [5.74, 6) is -0.163. The zero-order valence-electron chi connectivity index (χ0n) is 23.2. The number of alkyl halides is 3. The number of amides is 1. The van der Waals surface area contributed by atoms with Crippen LogP contribution in [0.4, 0.5) is 18.9 Å². The first-order chi connectivity index (χ1) is 19.5. The van der Waals surface area contributed by atoms with Crippen LogP contribution in [0.15, 0.2) is 77.7 Å². The first kappa shape index (κ1) is 30.6. The average Bonchev–Trinajstić information content (AvgIpc) is 2.98. The number of hydrogen-bond donors (Lipinski definition) is 1.